The van der Waals surface area contributed by atoms with Gasteiger partial charge >= 0.3 is 0 Å². The Morgan fingerprint density at radius 1 is 1.47 bits per heavy atom. The SMILES string of the molecule is CCNC1CCC(CC)CC1Sc1nccs1. The normalized spacial score (nSPS) is 29.4. The molecule has 2 rings (SSSR count). The first-order valence-corrected chi connectivity index (χ1v) is 8.39. The first-order valence-electron chi connectivity index (χ1n) is 6.63. The molecule has 0 aromatic carbocycles. The van der Waals surface area contributed by atoms with Crippen LogP contribution in [0.4, 0.5) is 0 Å². The van der Waals surface area contributed by atoms with Crippen molar-refractivity contribution in [2.45, 2.75) is 55.2 Å². The van der Waals surface area contributed by atoms with Crippen molar-refractivity contribution in [1.29, 1.82) is 0 Å². The largest absolute Gasteiger partial charge is 0.313 e. The van der Waals surface area contributed by atoms with Crippen molar-refractivity contribution < 1.29 is 0 Å². The smallest absolute Gasteiger partial charge is 0.150 e. The third kappa shape index (κ3) is 3.70. The van der Waals surface area contributed by atoms with E-state index in [2.05, 4.69) is 29.5 Å². The maximum absolute atomic E-state index is 4.41. The van der Waals surface area contributed by atoms with Gasteiger partial charge < -0.3 is 5.32 Å². The lowest BCUT2D eigenvalue weighted by Gasteiger charge is -2.35. The highest BCUT2D eigenvalue weighted by molar-refractivity contribution is 8.01. The average molecular weight is 270 g/mol. The van der Waals surface area contributed by atoms with E-state index in [1.165, 1.54) is 30.0 Å². The molecule has 1 heterocycles. The molecule has 0 radical (unpaired) electrons. The Morgan fingerprint density at radius 3 is 3.00 bits per heavy atom. The average Bonchev–Trinajstić information content (AvgIpc) is 2.84. The van der Waals surface area contributed by atoms with Crippen molar-refractivity contribution >= 4 is 23.1 Å². The lowest BCUT2D eigenvalue weighted by atomic mass is 9.84. The number of thioether (sulfide) groups is 1. The second-order valence-corrected chi connectivity index (χ2v) is 7.09. The molecule has 96 valence electrons. The number of nitrogens with one attached hydrogen (secondary N) is 1. The van der Waals surface area contributed by atoms with Gasteiger partial charge in [0.15, 0.2) is 0 Å². The van der Waals surface area contributed by atoms with Gasteiger partial charge in [0.05, 0.1) is 0 Å². The summed E-state index contributed by atoms with van der Waals surface area (Å²) in [7, 11) is 0. The van der Waals surface area contributed by atoms with Crippen LogP contribution in [0, 0.1) is 5.92 Å². The molecule has 2 nitrogen and oxygen atoms in total. The monoisotopic (exact) mass is 270 g/mol. The van der Waals surface area contributed by atoms with E-state index in [9.17, 15) is 0 Å². The standard InChI is InChI=1S/C13H22N2S2/c1-3-10-5-6-11(14-4-2)12(9-10)17-13-15-7-8-16-13/h7-8,10-12,14H,3-6,9H2,1-2H3. The second-order valence-electron chi connectivity index (χ2n) is 4.71. The molecule has 3 atom stereocenters. The summed E-state index contributed by atoms with van der Waals surface area (Å²) in [6.45, 7) is 5.61. The molecular formula is C13H22N2S2. The molecule has 1 aromatic rings. The summed E-state index contributed by atoms with van der Waals surface area (Å²) in [5.41, 5.74) is 0. The minimum atomic E-state index is 0.677. The number of hydrogen-bond acceptors (Lipinski definition) is 4. The fraction of sp³-hybridized carbons (Fsp3) is 0.769. The van der Waals surface area contributed by atoms with Crippen molar-refractivity contribution in [3.05, 3.63) is 11.6 Å². The minimum absolute atomic E-state index is 0.677. The zero-order valence-corrected chi connectivity index (χ0v) is 12.3. The number of rotatable bonds is 5. The van der Waals surface area contributed by atoms with Crippen LogP contribution >= 0.6 is 23.1 Å². The highest BCUT2D eigenvalue weighted by Gasteiger charge is 2.30. The topological polar surface area (TPSA) is 24.9 Å². The molecule has 1 aliphatic carbocycles. The summed E-state index contributed by atoms with van der Waals surface area (Å²) in [5, 5.41) is 6.43. The van der Waals surface area contributed by atoms with Gasteiger partial charge in [0, 0.05) is 22.9 Å². The summed E-state index contributed by atoms with van der Waals surface area (Å²) in [4.78, 5) is 4.41. The third-order valence-electron chi connectivity index (χ3n) is 3.61. The first kappa shape index (κ1) is 13.4. The van der Waals surface area contributed by atoms with Gasteiger partial charge in [0.25, 0.3) is 0 Å². The molecule has 0 amide bonds. The van der Waals surface area contributed by atoms with Crippen LogP contribution in [0.25, 0.3) is 0 Å². The molecular weight excluding hydrogens is 248 g/mol. The van der Waals surface area contributed by atoms with E-state index in [0.717, 1.165) is 12.5 Å². The number of thiazole rings is 1. The highest BCUT2D eigenvalue weighted by atomic mass is 32.2. The summed E-state index contributed by atoms with van der Waals surface area (Å²) >= 11 is 3.75. The Balaban J connectivity index is 1.97. The van der Waals surface area contributed by atoms with Crippen LogP contribution in [-0.2, 0) is 0 Å². The Labute approximate surface area is 113 Å². The number of hydrogen-bond donors (Lipinski definition) is 1. The zero-order valence-electron chi connectivity index (χ0n) is 10.7. The van der Waals surface area contributed by atoms with Gasteiger partial charge in [0.2, 0.25) is 0 Å². The van der Waals surface area contributed by atoms with Crippen LogP contribution in [0.15, 0.2) is 15.9 Å². The Kier molecular flexibility index (Phi) is 5.32. The van der Waals surface area contributed by atoms with E-state index in [4.69, 9.17) is 0 Å². The molecule has 3 unspecified atom stereocenters. The fourth-order valence-electron chi connectivity index (χ4n) is 2.61. The quantitative estimate of drug-likeness (QED) is 0.881. The van der Waals surface area contributed by atoms with E-state index in [0.29, 0.717) is 11.3 Å². The Bertz CT molecular complexity index is 313. The van der Waals surface area contributed by atoms with Crippen molar-refractivity contribution in [1.82, 2.24) is 10.3 Å². The second kappa shape index (κ2) is 6.76. The molecule has 1 N–H and O–H groups in total. The molecule has 1 fully saturated rings. The van der Waals surface area contributed by atoms with Crippen molar-refractivity contribution in [3.63, 3.8) is 0 Å². The maximum Gasteiger partial charge on any atom is 0.150 e. The Morgan fingerprint density at radius 2 is 2.35 bits per heavy atom. The lowest BCUT2D eigenvalue weighted by Crippen LogP contribution is -2.42. The lowest BCUT2D eigenvalue weighted by molar-refractivity contribution is 0.298. The van der Waals surface area contributed by atoms with E-state index in [1.807, 2.05) is 18.0 Å². The van der Waals surface area contributed by atoms with Crippen LogP contribution in [0.2, 0.25) is 0 Å². The molecule has 0 aliphatic heterocycles. The van der Waals surface area contributed by atoms with Crippen LogP contribution < -0.4 is 5.32 Å². The van der Waals surface area contributed by atoms with Crippen LogP contribution in [0.1, 0.15) is 39.5 Å². The van der Waals surface area contributed by atoms with Crippen LogP contribution in [-0.4, -0.2) is 22.8 Å². The number of nitrogens with zero attached hydrogens (tertiary/aromatic N) is 1. The summed E-state index contributed by atoms with van der Waals surface area (Å²) in [6, 6.07) is 0.677. The third-order valence-corrected chi connectivity index (χ3v) is 5.88. The minimum Gasteiger partial charge on any atom is -0.313 e. The van der Waals surface area contributed by atoms with E-state index in [1.54, 1.807) is 11.3 Å². The fourth-order valence-corrected chi connectivity index (χ4v) is 4.87. The molecule has 0 saturated heterocycles. The Hall–Kier alpha value is -0.0600. The van der Waals surface area contributed by atoms with E-state index < -0.39 is 0 Å². The molecule has 0 spiro atoms. The molecule has 1 aliphatic rings. The molecule has 0 bridgehead atoms. The van der Waals surface area contributed by atoms with Crippen molar-refractivity contribution in [3.8, 4) is 0 Å². The summed E-state index contributed by atoms with van der Waals surface area (Å²) in [6.07, 6.45) is 7.31. The number of aromatic nitrogens is 1. The van der Waals surface area contributed by atoms with Gasteiger partial charge in [-0.3, -0.25) is 0 Å². The zero-order chi connectivity index (χ0) is 12.1. The molecule has 1 aromatic heterocycles. The highest BCUT2D eigenvalue weighted by Crippen LogP contribution is 2.38. The van der Waals surface area contributed by atoms with E-state index in [-0.39, 0.29) is 0 Å². The predicted octanol–water partition coefficient (Wildman–Crippen LogP) is 3.79. The molecule has 17 heavy (non-hydrogen) atoms. The molecule has 1 saturated carbocycles. The summed E-state index contributed by atoms with van der Waals surface area (Å²) < 4.78 is 1.23. The van der Waals surface area contributed by atoms with Crippen molar-refractivity contribution in [2.24, 2.45) is 5.92 Å². The van der Waals surface area contributed by atoms with E-state index >= 15 is 0 Å². The summed E-state index contributed by atoms with van der Waals surface area (Å²) in [5.74, 6) is 0.919. The predicted molar refractivity (Wildman–Crippen MR) is 76.9 cm³/mol. The van der Waals surface area contributed by atoms with Crippen LogP contribution in [0.5, 0.6) is 0 Å². The molecule has 4 heteroatoms. The van der Waals surface area contributed by atoms with Gasteiger partial charge in [-0.15, -0.1) is 11.3 Å². The van der Waals surface area contributed by atoms with Gasteiger partial charge in [-0.05, 0) is 31.7 Å². The maximum atomic E-state index is 4.41. The van der Waals surface area contributed by atoms with Crippen LogP contribution in [0.3, 0.4) is 0 Å². The van der Waals surface area contributed by atoms with Crippen molar-refractivity contribution in [2.75, 3.05) is 6.54 Å². The van der Waals surface area contributed by atoms with Gasteiger partial charge in [-0.25, -0.2) is 4.98 Å². The first-order chi connectivity index (χ1) is 8.33. The van der Waals surface area contributed by atoms with Gasteiger partial charge in [-0.1, -0.05) is 32.0 Å². The van der Waals surface area contributed by atoms with Gasteiger partial charge in [-0.2, -0.15) is 0 Å². The van der Waals surface area contributed by atoms with Gasteiger partial charge in [0.1, 0.15) is 4.34 Å².